The van der Waals surface area contributed by atoms with E-state index in [2.05, 4.69) is 20.4 Å². The molecular formula is C20H22F2N6. The van der Waals surface area contributed by atoms with Gasteiger partial charge in [0.15, 0.2) is 0 Å². The van der Waals surface area contributed by atoms with E-state index in [1.54, 1.807) is 0 Å². The van der Waals surface area contributed by atoms with Crippen LogP contribution >= 0.6 is 0 Å². The van der Waals surface area contributed by atoms with Crippen molar-refractivity contribution in [2.45, 2.75) is 24.9 Å². The van der Waals surface area contributed by atoms with Gasteiger partial charge in [0, 0.05) is 23.2 Å². The summed E-state index contributed by atoms with van der Waals surface area (Å²) in [5.74, 6) is 0.797. The van der Waals surface area contributed by atoms with Crippen molar-refractivity contribution in [2.24, 2.45) is 11.5 Å². The molecule has 2 atom stereocenters. The van der Waals surface area contributed by atoms with E-state index in [4.69, 9.17) is 11.5 Å². The molecule has 0 bridgehead atoms. The lowest BCUT2D eigenvalue weighted by Gasteiger charge is -2.08. The number of nitrogens with two attached hydrogens (primary N) is 2. The third-order valence-electron chi connectivity index (χ3n) is 4.30. The zero-order valence-electron chi connectivity index (χ0n) is 15.3. The Morgan fingerprint density at radius 2 is 0.929 bits per heavy atom. The third-order valence-corrected chi connectivity index (χ3v) is 4.30. The molecule has 0 saturated carbocycles. The summed E-state index contributed by atoms with van der Waals surface area (Å²) in [6.07, 6.45) is 0.943. The van der Waals surface area contributed by atoms with Crippen LogP contribution in [0, 0.1) is 0 Å². The summed E-state index contributed by atoms with van der Waals surface area (Å²) in [4.78, 5) is 0. The van der Waals surface area contributed by atoms with E-state index in [-0.39, 0.29) is 0 Å². The number of halogens is 2. The maximum atomic E-state index is 12.5. The van der Waals surface area contributed by atoms with Gasteiger partial charge in [-0.1, -0.05) is 48.5 Å². The maximum absolute atomic E-state index is 12.5. The van der Waals surface area contributed by atoms with E-state index in [1.807, 2.05) is 48.5 Å². The number of benzene rings is 2. The molecule has 6 nitrogen and oxygen atoms in total. The molecule has 0 saturated heterocycles. The maximum Gasteiger partial charge on any atom is 0.203 e. The van der Waals surface area contributed by atoms with Crippen LogP contribution in [0.4, 0.5) is 8.78 Å². The lowest BCUT2D eigenvalue weighted by atomic mass is 10.0. The van der Waals surface area contributed by atoms with E-state index >= 15 is 0 Å². The van der Waals surface area contributed by atoms with Gasteiger partial charge < -0.3 is 11.5 Å². The first-order valence-corrected chi connectivity index (χ1v) is 8.98. The molecule has 28 heavy (non-hydrogen) atoms. The van der Waals surface area contributed by atoms with Crippen LogP contribution in [-0.4, -0.2) is 45.8 Å². The molecule has 0 aliphatic rings. The molecule has 2 unspecified atom stereocenters. The zero-order chi connectivity index (χ0) is 19.9. The van der Waals surface area contributed by atoms with E-state index in [9.17, 15) is 8.78 Å². The Morgan fingerprint density at radius 1 is 0.607 bits per heavy atom. The van der Waals surface area contributed by atoms with Gasteiger partial charge in [0.2, 0.25) is 11.6 Å². The molecule has 3 rings (SSSR count). The summed E-state index contributed by atoms with van der Waals surface area (Å²) in [6.45, 7) is -1.10. The van der Waals surface area contributed by atoms with Crippen molar-refractivity contribution >= 4 is 0 Å². The molecular weight excluding hydrogens is 362 g/mol. The number of aromatic nitrogens is 4. The minimum Gasteiger partial charge on any atom is -0.325 e. The molecule has 0 radical (unpaired) electrons. The van der Waals surface area contributed by atoms with Gasteiger partial charge in [-0.3, -0.25) is 0 Å². The molecule has 2 aromatic carbocycles. The highest BCUT2D eigenvalue weighted by atomic mass is 19.1. The van der Waals surface area contributed by atoms with Gasteiger partial charge in [-0.05, 0) is 24.0 Å². The largest absolute Gasteiger partial charge is 0.325 e. The van der Waals surface area contributed by atoms with Crippen LogP contribution in [0.3, 0.4) is 0 Å². The van der Waals surface area contributed by atoms with Crippen LogP contribution in [-0.2, 0) is 12.8 Å². The number of alkyl halides is 2. The number of nitrogens with zero attached hydrogens (tertiary/aromatic N) is 4. The van der Waals surface area contributed by atoms with Gasteiger partial charge in [-0.2, -0.15) is 0 Å². The Bertz CT molecular complexity index is 794. The van der Waals surface area contributed by atoms with Crippen LogP contribution in [0.25, 0.3) is 22.8 Å². The van der Waals surface area contributed by atoms with Crippen LogP contribution < -0.4 is 11.5 Å². The average molecular weight is 384 g/mol. The minimum atomic E-state index is -0.552. The lowest BCUT2D eigenvalue weighted by Crippen LogP contribution is -2.24. The van der Waals surface area contributed by atoms with Gasteiger partial charge >= 0.3 is 0 Å². The molecule has 0 fully saturated rings. The molecule has 0 aliphatic heterocycles. The molecule has 3 aromatic rings. The molecule has 146 valence electrons. The third kappa shape index (κ3) is 5.11. The zero-order valence-corrected chi connectivity index (χ0v) is 15.3. The Labute approximate surface area is 162 Å². The Balaban J connectivity index is 1.69. The van der Waals surface area contributed by atoms with Crippen molar-refractivity contribution in [3.05, 3.63) is 59.7 Å². The first-order chi connectivity index (χ1) is 13.6. The van der Waals surface area contributed by atoms with Crippen molar-refractivity contribution in [2.75, 3.05) is 13.3 Å². The van der Waals surface area contributed by atoms with Crippen molar-refractivity contribution < 1.29 is 8.78 Å². The summed E-state index contributed by atoms with van der Waals surface area (Å²) in [7, 11) is 0. The number of rotatable bonds is 8. The molecule has 0 spiro atoms. The van der Waals surface area contributed by atoms with E-state index in [0.717, 1.165) is 22.3 Å². The average Bonchev–Trinajstić information content (AvgIpc) is 2.75. The quantitative estimate of drug-likeness (QED) is 0.618. The van der Waals surface area contributed by atoms with Crippen molar-refractivity contribution in [3.63, 3.8) is 0 Å². The summed E-state index contributed by atoms with van der Waals surface area (Å²) < 4.78 is 25.0. The smallest absolute Gasteiger partial charge is 0.203 e. The van der Waals surface area contributed by atoms with Crippen molar-refractivity contribution in [1.29, 1.82) is 0 Å². The summed E-state index contributed by atoms with van der Waals surface area (Å²) in [5.41, 5.74) is 14.7. The lowest BCUT2D eigenvalue weighted by molar-refractivity contribution is 0.427. The second kappa shape index (κ2) is 9.38. The molecule has 8 heteroatoms. The minimum absolute atomic E-state index is 0.399. The summed E-state index contributed by atoms with van der Waals surface area (Å²) in [5, 5.41) is 16.6. The molecule has 0 aliphatic carbocycles. The first kappa shape index (κ1) is 19.9. The van der Waals surface area contributed by atoms with Crippen LogP contribution in [0.1, 0.15) is 11.1 Å². The second-order valence-corrected chi connectivity index (χ2v) is 6.68. The predicted octanol–water partition coefficient (Wildman–Crippen LogP) is 2.28. The van der Waals surface area contributed by atoms with E-state index in [0.29, 0.717) is 24.5 Å². The van der Waals surface area contributed by atoms with Gasteiger partial charge in [0.1, 0.15) is 13.3 Å². The monoisotopic (exact) mass is 384 g/mol. The van der Waals surface area contributed by atoms with Crippen LogP contribution in [0.2, 0.25) is 0 Å². The van der Waals surface area contributed by atoms with Gasteiger partial charge in [-0.15, -0.1) is 20.4 Å². The van der Waals surface area contributed by atoms with Crippen molar-refractivity contribution in [3.8, 4) is 22.8 Å². The number of hydrogen-bond donors (Lipinski definition) is 2. The highest BCUT2D eigenvalue weighted by Gasteiger charge is 2.09. The first-order valence-electron chi connectivity index (χ1n) is 8.98. The van der Waals surface area contributed by atoms with Crippen LogP contribution in [0.15, 0.2) is 48.5 Å². The highest BCUT2D eigenvalue weighted by molar-refractivity contribution is 5.57. The summed E-state index contributed by atoms with van der Waals surface area (Å²) in [6, 6.07) is 13.8. The fourth-order valence-corrected chi connectivity index (χ4v) is 2.75. The molecule has 1 aromatic heterocycles. The topological polar surface area (TPSA) is 104 Å². The van der Waals surface area contributed by atoms with Gasteiger partial charge in [0.05, 0.1) is 0 Å². The highest BCUT2D eigenvalue weighted by Crippen LogP contribution is 2.18. The standard InChI is InChI=1S/C20H22F2N6/c21-11-17(23)9-13-1-5-15(6-2-13)19-25-27-20(28-26-19)16-7-3-14(4-8-16)10-18(24)12-22/h1-8,17-18H,9-12,23-24H2. The normalized spacial score (nSPS) is 13.3. The number of hydrogen-bond acceptors (Lipinski definition) is 6. The van der Waals surface area contributed by atoms with Crippen molar-refractivity contribution in [1.82, 2.24) is 20.4 Å². The Kier molecular flexibility index (Phi) is 6.67. The molecule has 1 heterocycles. The Hall–Kier alpha value is -2.84. The van der Waals surface area contributed by atoms with E-state index in [1.165, 1.54) is 0 Å². The van der Waals surface area contributed by atoms with E-state index < -0.39 is 25.4 Å². The van der Waals surface area contributed by atoms with Gasteiger partial charge in [-0.25, -0.2) is 8.78 Å². The second-order valence-electron chi connectivity index (χ2n) is 6.68. The fraction of sp³-hybridized carbons (Fsp3) is 0.300. The molecule has 0 amide bonds. The van der Waals surface area contributed by atoms with Crippen LogP contribution in [0.5, 0.6) is 0 Å². The SMILES string of the molecule is NC(CF)Cc1ccc(-c2nnc(-c3ccc(CC(N)CF)cc3)nn2)cc1. The molecule has 4 N–H and O–H groups in total. The summed E-state index contributed by atoms with van der Waals surface area (Å²) >= 11 is 0. The van der Waals surface area contributed by atoms with Gasteiger partial charge in [0.25, 0.3) is 0 Å². The fourth-order valence-electron chi connectivity index (χ4n) is 2.75. The predicted molar refractivity (Wildman–Crippen MR) is 104 cm³/mol. The Morgan fingerprint density at radius 3 is 1.21 bits per heavy atom.